The zero-order chi connectivity index (χ0) is 19.2. The number of hydrogen-bond donors (Lipinski definition) is 2. The average Bonchev–Trinajstić information content (AvgIpc) is 2.67. The van der Waals surface area contributed by atoms with Crippen LogP contribution in [0.4, 0.5) is 5.69 Å². The average molecular weight is 366 g/mol. The van der Waals surface area contributed by atoms with Crippen LogP contribution in [0.25, 0.3) is 0 Å². The van der Waals surface area contributed by atoms with Gasteiger partial charge >= 0.3 is 5.97 Å². The maximum Gasteiger partial charge on any atom is 0.338 e. The summed E-state index contributed by atoms with van der Waals surface area (Å²) in [5, 5.41) is 5.52. The summed E-state index contributed by atoms with van der Waals surface area (Å²) in [7, 11) is 0. The molecule has 0 fully saturated rings. The van der Waals surface area contributed by atoms with Crippen LogP contribution in [0.15, 0.2) is 42.5 Å². The maximum atomic E-state index is 12.1. The molecule has 2 amide bonds. The molecule has 2 aromatic carbocycles. The van der Waals surface area contributed by atoms with E-state index >= 15 is 0 Å². The third-order valence-electron chi connectivity index (χ3n) is 4.55. The Morgan fingerprint density at radius 3 is 2.78 bits per heavy atom. The van der Waals surface area contributed by atoms with E-state index < -0.39 is 5.97 Å². The molecule has 0 atom stereocenters. The third kappa shape index (κ3) is 4.94. The number of rotatable bonds is 6. The topological polar surface area (TPSA) is 84.5 Å². The van der Waals surface area contributed by atoms with Gasteiger partial charge in [-0.25, -0.2) is 4.79 Å². The van der Waals surface area contributed by atoms with Crippen molar-refractivity contribution >= 4 is 23.5 Å². The van der Waals surface area contributed by atoms with Crippen LogP contribution < -0.4 is 10.6 Å². The van der Waals surface area contributed by atoms with Crippen molar-refractivity contribution in [3.8, 4) is 0 Å². The highest BCUT2D eigenvalue weighted by atomic mass is 16.5. The Balaban J connectivity index is 1.45. The SMILES string of the molecule is Cc1ccccc1CCNC(=O)COC(=O)c1ccc2c(c1)CCC(=O)N2. The molecule has 0 aliphatic carbocycles. The molecule has 0 bridgehead atoms. The summed E-state index contributed by atoms with van der Waals surface area (Å²) in [5.74, 6) is -0.911. The number of benzene rings is 2. The van der Waals surface area contributed by atoms with Crippen molar-refractivity contribution in [2.45, 2.75) is 26.2 Å². The number of anilines is 1. The molecule has 1 heterocycles. The molecule has 1 aliphatic rings. The van der Waals surface area contributed by atoms with Crippen molar-refractivity contribution < 1.29 is 19.1 Å². The van der Waals surface area contributed by atoms with Crippen molar-refractivity contribution in [1.82, 2.24) is 5.32 Å². The molecule has 6 heteroatoms. The highest BCUT2D eigenvalue weighted by Crippen LogP contribution is 2.23. The van der Waals surface area contributed by atoms with Crippen LogP contribution in [0.3, 0.4) is 0 Å². The summed E-state index contributed by atoms with van der Waals surface area (Å²) >= 11 is 0. The first kappa shape index (κ1) is 18.6. The highest BCUT2D eigenvalue weighted by molar-refractivity contribution is 5.96. The second-order valence-electron chi connectivity index (χ2n) is 6.52. The second-order valence-corrected chi connectivity index (χ2v) is 6.52. The number of ether oxygens (including phenoxy) is 1. The number of hydrogen-bond acceptors (Lipinski definition) is 4. The van der Waals surface area contributed by atoms with E-state index in [4.69, 9.17) is 4.74 Å². The number of carbonyl (C=O) groups excluding carboxylic acids is 3. The van der Waals surface area contributed by atoms with Gasteiger partial charge < -0.3 is 15.4 Å². The van der Waals surface area contributed by atoms with E-state index in [0.29, 0.717) is 24.9 Å². The number of amides is 2. The highest BCUT2D eigenvalue weighted by Gasteiger charge is 2.17. The first-order chi connectivity index (χ1) is 13.0. The standard InChI is InChI=1S/C21H22N2O4/c1-14-4-2-3-5-15(14)10-11-22-20(25)13-27-21(26)17-6-8-18-16(12-17)7-9-19(24)23-18/h2-6,8,12H,7,9-11,13H2,1H3,(H,22,25)(H,23,24). The fourth-order valence-corrected chi connectivity index (χ4v) is 3.00. The van der Waals surface area contributed by atoms with E-state index in [2.05, 4.69) is 10.6 Å². The summed E-state index contributed by atoms with van der Waals surface area (Å²) < 4.78 is 5.09. The van der Waals surface area contributed by atoms with Gasteiger partial charge in [0.2, 0.25) is 5.91 Å². The second kappa shape index (κ2) is 8.49. The summed E-state index contributed by atoms with van der Waals surface area (Å²) in [6.07, 6.45) is 1.71. The minimum atomic E-state index is -0.552. The van der Waals surface area contributed by atoms with Crippen LogP contribution in [0.1, 0.15) is 33.5 Å². The molecule has 0 saturated carbocycles. The van der Waals surface area contributed by atoms with E-state index in [1.54, 1.807) is 18.2 Å². The lowest BCUT2D eigenvalue weighted by molar-refractivity contribution is -0.124. The molecule has 140 valence electrons. The molecule has 2 N–H and O–H groups in total. The first-order valence-electron chi connectivity index (χ1n) is 8.94. The predicted molar refractivity (Wildman–Crippen MR) is 102 cm³/mol. The fourth-order valence-electron chi connectivity index (χ4n) is 3.00. The van der Waals surface area contributed by atoms with Gasteiger partial charge in [0, 0.05) is 18.7 Å². The summed E-state index contributed by atoms with van der Waals surface area (Å²) in [6, 6.07) is 13.0. The van der Waals surface area contributed by atoms with Crippen molar-refractivity contribution in [3.05, 3.63) is 64.7 Å². The Bertz CT molecular complexity index is 876. The minimum Gasteiger partial charge on any atom is -0.452 e. The van der Waals surface area contributed by atoms with Crippen molar-refractivity contribution in [3.63, 3.8) is 0 Å². The smallest absolute Gasteiger partial charge is 0.338 e. The lowest BCUT2D eigenvalue weighted by Gasteiger charge is -2.17. The van der Waals surface area contributed by atoms with Gasteiger partial charge in [0.05, 0.1) is 5.56 Å². The fraction of sp³-hybridized carbons (Fsp3) is 0.286. The zero-order valence-corrected chi connectivity index (χ0v) is 15.2. The van der Waals surface area contributed by atoms with Crippen molar-refractivity contribution in [2.75, 3.05) is 18.5 Å². The maximum absolute atomic E-state index is 12.1. The van der Waals surface area contributed by atoms with Gasteiger partial charge in [-0.1, -0.05) is 24.3 Å². The van der Waals surface area contributed by atoms with Gasteiger partial charge in [-0.3, -0.25) is 9.59 Å². The van der Waals surface area contributed by atoms with Gasteiger partial charge in [-0.05, 0) is 54.7 Å². The molecule has 0 radical (unpaired) electrons. The van der Waals surface area contributed by atoms with Crippen LogP contribution in [-0.4, -0.2) is 30.9 Å². The third-order valence-corrected chi connectivity index (χ3v) is 4.55. The molecular weight excluding hydrogens is 344 g/mol. The number of carbonyl (C=O) groups is 3. The van der Waals surface area contributed by atoms with E-state index in [9.17, 15) is 14.4 Å². The molecule has 0 unspecified atom stereocenters. The minimum absolute atomic E-state index is 0.0276. The van der Waals surface area contributed by atoms with Gasteiger partial charge in [0.15, 0.2) is 6.61 Å². The molecule has 3 rings (SSSR count). The molecular formula is C21H22N2O4. The number of aryl methyl sites for hydroxylation is 2. The van der Waals surface area contributed by atoms with Gasteiger partial charge in [0.1, 0.15) is 0 Å². The van der Waals surface area contributed by atoms with Crippen LogP contribution in [-0.2, 0) is 27.2 Å². The largest absolute Gasteiger partial charge is 0.452 e. The lowest BCUT2D eigenvalue weighted by atomic mass is 10.0. The van der Waals surface area contributed by atoms with E-state index in [1.165, 1.54) is 11.1 Å². The molecule has 0 spiro atoms. The first-order valence-corrected chi connectivity index (χ1v) is 8.94. The Hall–Kier alpha value is -3.15. The van der Waals surface area contributed by atoms with Gasteiger partial charge in [-0.15, -0.1) is 0 Å². The molecule has 6 nitrogen and oxygen atoms in total. The lowest BCUT2D eigenvalue weighted by Crippen LogP contribution is -2.30. The number of nitrogens with one attached hydrogen (secondary N) is 2. The summed E-state index contributed by atoms with van der Waals surface area (Å²) in [6.45, 7) is 2.20. The Morgan fingerprint density at radius 2 is 1.96 bits per heavy atom. The molecule has 2 aromatic rings. The Morgan fingerprint density at radius 1 is 1.15 bits per heavy atom. The predicted octanol–water partition coefficient (Wildman–Crippen LogP) is 2.40. The number of esters is 1. The quantitative estimate of drug-likeness (QED) is 0.769. The van der Waals surface area contributed by atoms with Gasteiger partial charge in [-0.2, -0.15) is 0 Å². The Kier molecular flexibility index (Phi) is 5.86. The van der Waals surface area contributed by atoms with E-state index in [-0.39, 0.29) is 18.4 Å². The van der Waals surface area contributed by atoms with E-state index in [0.717, 1.165) is 17.7 Å². The summed E-state index contributed by atoms with van der Waals surface area (Å²) in [4.78, 5) is 35.4. The van der Waals surface area contributed by atoms with Gasteiger partial charge in [0.25, 0.3) is 5.91 Å². The van der Waals surface area contributed by atoms with Crippen LogP contribution in [0, 0.1) is 6.92 Å². The molecule has 27 heavy (non-hydrogen) atoms. The van der Waals surface area contributed by atoms with Crippen LogP contribution >= 0.6 is 0 Å². The molecule has 0 aromatic heterocycles. The molecule has 1 aliphatic heterocycles. The van der Waals surface area contributed by atoms with E-state index in [1.807, 2.05) is 31.2 Å². The van der Waals surface area contributed by atoms with Crippen LogP contribution in [0.2, 0.25) is 0 Å². The summed E-state index contributed by atoms with van der Waals surface area (Å²) in [5.41, 5.74) is 4.35. The number of fused-ring (bicyclic) bond motifs is 1. The normalized spacial score (nSPS) is 12.7. The molecule has 0 saturated heterocycles. The van der Waals surface area contributed by atoms with Crippen molar-refractivity contribution in [2.24, 2.45) is 0 Å². The monoisotopic (exact) mass is 366 g/mol. The zero-order valence-electron chi connectivity index (χ0n) is 15.2. The van der Waals surface area contributed by atoms with Crippen molar-refractivity contribution in [1.29, 1.82) is 0 Å². The Labute approximate surface area is 157 Å². The van der Waals surface area contributed by atoms with Crippen LogP contribution in [0.5, 0.6) is 0 Å².